The molecular formula is C26H25NO2. The third kappa shape index (κ3) is 6.51. The molecule has 29 heavy (non-hydrogen) atoms. The molecule has 0 spiro atoms. The van der Waals surface area contributed by atoms with Crippen LogP contribution < -0.4 is 4.74 Å². The predicted octanol–water partition coefficient (Wildman–Crippen LogP) is 5.45. The van der Waals surface area contributed by atoms with Crippen LogP contribution in [0.3, 0.4) is 0 Å². The van der Waals surface area contributed by atoms with E-state index < -0.39 is 0 Å². The monoisotopic (exact) mass is 383 g/mol. The van der Waals surface area contributed by atoms with Crippen molar-refractivity contribution in [1.29, 1.82) is 0 Å². The van der Waals surface area contributed by atoms with Crippen molar-refractivity contribution in [3.05, 3.63) is 114 Å². The fourth-order valence-electron chi connectivity index (χ4n) is 2.90. The van der Waals surface area contributed by atoms with Crippen LogP contribution in [0.15, 0.2) is 97.1 Å². The lowest BCUT2D eigenvalue weighted by Gasteiger charge is -2.20. The molecule has 0 bridgehead atoms. The van der Waals surface area contributed by atoms with Gasteiger partial charge in [0.15, 0.2) is 0 Å². The Hall–Kier alpha value is -3.59. The summed E-state index contributed by atoms with van der Waals surface area (Å²) in [7, 11) is 1.64. The molecule has 1 amide bonds. The van der Waals surface area contributed by atoms with Gasteiger partial charge in [0.2, 0.25) is 5.91 Å². The third-order valence-electron chi connectivity index (χ3n) is 4.50. The maximum atomic E-state index is 12.9. The van der Waals surface area contributed by atoms with Crippen molar-refractivity contribution in [2.45, 2.75) is 6.54 Å². The molecule has 0 aliphatic heterocycles. The molecule has 3 aromatic carbocycles. The van der Waals surface area contributed by atoms with E-state index in [0.717, 1.165) is 22.4 Å². The van der Waals surface area contributed by atoms with Crippen molar-refractivity contribution in [3.8, 4) is 5.75 Å². The second kappa shape index (κ2) is 10.7. The molecule has 3 aromatic rings. The fourth-order valence-corrected chi connectivity index (χ4v) is 2.90. The highest BCUT2D eigenvalue weighted by Gasteiger charge is 2.10. The predicted molar refractivity (Wildman–Crippen MR) is 119 cm³/mol. The van der Waals surface area contributed by atoms with E-state index in [4.69, 9.17) is 4.74 Å². The van der Waals surface area contributed by atoms with Crippen LogP contribution in [0.4, 0.5) is 0 Å². The minimum absolute atomic E-state index is 0.0256. The van der Waals surface area contributed by atoms with Crippen molar-refractivity contribution < 1.29 is 9.53 Å². The molecule has 0 aliphatic rings. The molecule has 146 valence electrons. The lowest BCUT2D eigenvalue weighted by atomic mass is 10.1. The zero-order valence-electron chi connectivity index (χ0n) is 16.6. The molecule has 3 heteroatoms. The maximum Gasteiger partial charge on any atom is 0.247 e. The van der Waals surface area contributed by atoms with Gasteiger partial charge in [-0.2, -0.15) is 0 Å². The average molecular weight is 383 g/mol. The van der Waals surface area contributed by atoms with Gasteiger partial charge in [0.25, 0.3) is 0 Å². The molecule has 0 N–H and O–H groups in total. The van der Waals surface area contributed by atoms with E-state index >= 15 is 0 Å². The highest BCUT2D eigenvalue weighted by Crippen LogP contribution is 2.13. The summed E-state index contributed by atoms with van der Waals surface area (Å²) in [5.74, 6) is 0.771. The number of rotatable bonds is 8. The van der Waals surface area contributed by atoms with Crippen molar-refractivity contribution in [2.24, 2.45) is 0 Å². The van der Waals surface area contributed by atoms with Crippen LogP contribution in [0.2, 0.25) is 0 Å². The summed E-state index contributed by atoms with van der Waals surface area (Å²) in [6.07, 6.45) is 7.53. The van der Waals surface area contributed by atoms with Gasteiger partial charge in [0.1, 0.15) is 5.75 Å². The van der Waals surface area contributed by atoms with Gasteiger partial charge in [0.05, 0.1) is 7.11 Å². The van der Waals surface area contributed by atoms with Gasteiger partial charge in [-0.05, 0) is 34.9 Å². The summed E-state index contributed by atoms with van der Waals surface area (Å²) in [6.45, 7) is 1.10. The van der Waals surface area contributed by atoms with Gasteiger partial charge < -0.3 is 9.64 Å². The Morgan fingerprint density at radius 2 is 1.45 bits per heavy atom. The normalized spacial score (nSPS) is 11.1. The molecule has 0 unspecified atom stereocenters. The Morgan fingerprint density at radius 3 is 2.10 bits per heavy atom. The number of hydrogen-bond donors (Lipinski definition) is 0. The first-order valence-corrected chi connectivity index (χ1v) is 9.61. The quantitative estimate of drug-likeness (QED) is 0.484. The lowest BCUT2D eigenvalue weighted by molar-refractivity contribution is -0.126. The highest BCUT2D eigenvalue weighted by molar-refractivity contribution is 5.92. The molecule has 0 radical (unpaired) electrons. The van der Waals surface area contributed by atoms with Gasteiger partial charge in [-0.1, -0.05) is 84.9 Å². The molecule has 3 rings (SSSR count). The number of methoxy groups -OCH3 is 1. The van der Waals surface area contributed by atoms with Gasteiger partial charge >= 0.3 is 0 Å². The number of amides is 1. The van der Waals surface area contributed by atoms with Gasteiger partial charge in [-0.3, -0.25) is 4.79 Å². The minimum Gasteiger partial charge on any atom is -0.497 e. The highest BCUT2D eigenvalue weighted by atomic mass is 16.5. The average Bonchev–Trinajstić information content (AvgIpc) is 2.78. The largest absolute Gasteiger partial charge is 0.497 e. The first kappa shape index (κ1) is 20.2. The molecular weight excluding hydrogens is 358 g/mol. The van der Waals surface area contributed by atoms with Gasteiger partial charge in [0, 0.05) is 19.2 Å². The zero-order valence-corrected chi connectivity index (χ0v) is 16.6. The van der Waals surface area contributed by atoms with Crippen molar-refractivity contribution in [1.82, 2.24) is 4.90 Å². The number of hydrogen-bond acceptors (Lipinski definition) is 2. The summed E-state index contributed by atoms with van der Waals surface area (Å²) in [6, 6.07) is 27.8. The summed E-state index contributed by atoms with van der Waals surface area (Å²) >= 11 is 0. The van der Waals surface area contributed by atoms with E-state index in [2.05, 4.69) is 0 Å². The molecule has 0 heterocycles. The second-order valence-electron chi connectivity index (χ2n) is 6.62. The molecule has 0 atom stereocenters. The molecule has 0 aromatic heterocycles. The third-order valence-corrected chi connectivity index (χ3v) is 4.50. The molecule has 0 aliphatic carbocycles. The van der Waals surface area contributed by atoms with Crippen LogP contribution >= 0.6 is 0 Å². The van der Waals surface area contributed by atoms with E-state index in [1.807, 2.05) is 108 Å². The van der Waals surface area contributed by atoms with Crippen LogP contribution in [-0.2, 0) is 11.3 Å². The van der Waals surface area contributed by atoms with Crippen LogP contribution in [0.5, 0.6) is 5.75 Å². The Labute approximate surface area is 172 Å². The second-order valence-corrected chi connectivity index (χ2v) is 6.62. The standard InChI is InChI=1S/C26H25NO2/c1-29-25-17-14-23(15-18-25)16-19-26(28)27(21-24-11-6-3-7-12-24)20-8-13-22-9-4-2-5-10-22/h2-19H,20-21H2,1H3/b13-8+,19-16+. The molecule has 0 saturated heterocycles. The Kier molecular flexibility index (Phi) is 7.41. The van der Waals surface area contributed by atoms with E-state index in [1.54, 1.807) is 13.2 Å². The topological polar surface area (TPSA) is 29.5 Å². The molecule has 0 fully saturated rings. The Balaban J connectivity index is 1.70. The lowest BCUT2D eigenvalue weighted by Crippen LogP contribution is -2.29. The van der Waals surface area contributed by atoms with Crippen molar-refractivity contribution in [3.63, 3.8) is 0 Å². The van der Waals surface area contributed by atoms with Gasteiger partial charge in [-0.25, -0.2) is 0 Å². The Bertz CT molecular complexity index is 945. The number of carbonyl (C=O) groups excluding carboxylic acids is 1. The minimum atomic E-state index is -0.0256. The zero-order chi connectivity index (χ0) is 20.3. The van der Waals surface area contributed by atoms with E-state index in [0.29, 0.717) is 13.1 Å². The summed E-state index contributed by atoms with van der Waals surface area (Å²) in [5.41, 5.74) is 3.18. The smallest absolute Gasteiger partial charge is 0.247 e. The summed E-state index contributed by atoms with van der Waals surface area (Å²) in [5, 5.41) is 0. The van der Waals surface area contributed by atoms with Crippen LogP contribution in [0.1, 0.15) is 16.7 Å². The fraction of sp³-hybridized carbons (Fsp3) is 0.115. The van der Waals surface area contributed by atoms with Crippen molar-refractivity contribution >= 4 is 18.1 Å². The SMILES string of the molecule is COc1ccc(/C=C/C(=O)N(C/C=C/c2ccccc2)Cc2ccccc2)cc1. The Morgan fingerprint density at radius 1 is 0.828 bits per heavy atom. The van der Waals surface area contributed by atoms with E-state index in [-0.39, 0.29) is 5.91 Å². The number of carbonyl (C=O) groups is 1. The number of benzene rings is 3. The first-order valence-electron chi connectivity index (χ1n) is 9.61. The van der Waals surface area contributed by atoms with Gasteiger partial charge in [-0.15, -0.1) is 0 Å². The van der Waals surface area contributed by atoms with E-state index in [1.165, 1.54) is 0 Å². The number of ether oxygens (including phenoxy) is 1. The summed E-state index contributed by atoms with van der Waals surface area (Å²) in [4.78, 5) is 14.7. The van der Waals surface area contributed by atoms with Crippen molar-refractivity contribution in [2.75, 3.05) is 13.7 Å². The maximum absolute atomic E-state index is 12.9. The van der Waals surface area contributed by atoms with Crippen LogP contribution in [-0.4, -0.2) is 24.5 Å². The molecule has 3 nitrogen and oxygen atoms in total. The summed E-state index contributed by atoms with van der Waals surface area (Å²) < 4.78 is 5.17. The number of nitrogens with zero attached hydrogens (tertiary/aromatic N) is 1. The van der Waals surface area contributed by atoms with Crippen LogP contribution in [0.25, 0.3) is 12.2 Å². The molecule has 0 saturated carbocycles. The first-order chi connectivity index (χ1) is 14.2. The van der Waals surface area contributed by atoms with E-state index in [9.17, 15) is 4.79 Å². The van der Waals surface area contributed by atoms with Crippen LogP contribution in [0, 0.1) is 0 Å².